The molecule has 0 bridgehead atoms. The number of hydrogen-bond acceptors (Lipinski definition) is 6. The summed E-state index contributed by atoms with van der Waals surface area (Å²) < 4.78 is 0. The summed E-state index contributed by atoms with van der Waals surface area (Å²) in [5.41, 5.74) is 1.26. The van der Waals surface area contributed by atoms with Crippen LogP contribution in [-0.2, 0) is 9.59 Å². The minimum Gasteiger partial charge on any atom is -0.334 e. The molecule has 0 spiro atoms. The zero-order valence-corrected chi connectivity index (χ0v) is 14.6. The minimum atomic E-state index is -0.670. The lowest BCUT2D eigenvalue weighted by Gasteiger charge is -2.15. The average Bonchev–Trinajstić information content (AvgIpc) is 3.42. The Balaban J connectivity index is 1.41. The number of likely N-dealkylation sites (tertiary alicyclic amines) is 1. The summed E-state index contributed by atoms with van der Waals surface area (Å²) in [6, 6.07) is 7.06. The zero-order chi connectivity index (χ0) is 18.8. The van der Waals surface area contributed by atoms with Crippen molar-refractivity contribution in [3.05, 3.63) is 42.2 Å². The van der Waals surface area contributed by atoms with E-state index in [1.54, 1.807) is 18.2 Å². The summed E-state index contributed by atoms with van der Waals surface area (Å²) in [5.74, 6) is 0.809. The standard InChI is InChI=1S/C17H18N8O2/c1-10-20-15(24-22-10)11-3-2-4-13(7-11)21-16(26)17(27)25-6-5-12(8-25)14-18-9-19-23-14/h2-4,7,9,12H,5-6,8H2,1H3,(H,21,26)(H,18,19,23)(H,20,22,24). The molecular weight excluding hydrogens is 348 g/mol. The van der Waals surface area contributed by atoms with Gasteiger partial charge < -0.3 is 10.2 Å². The third kappa shape index (κ3) is 3.54. The number of benzene rings is 1. The number of nitrogens with one attached hydrogen (secondary N) is 3. The number of carbonyl (C=O) groups excluding carboxylic acids is 2. The molecule has 3 aromatic rings. The third-order valence-corrected chi connectivity index (χ3v) is 4.47. The highest BCUT2D eigenvalue weighted by atomic mass is 16.2. The number of anilines is 1. The second-order valence-corrected chi connectivity index (χ2v) is 6.39. The van der Waals surface area contributed by atoms with E-state index < -0.39 is 11.8 Å². The maximum absolute atomic E-state index is 12.5. The van der Waals surface area contributed by atoms with E-state index in [-0.39, 0.29) is 5.92 Å². The van der Waals surface area contributed by atoms with Gasteiger partial charge in [0.1, 0.15) is 18.0 Å². The van der Waals surface area contributed by atoms with Crippen LogP contribution >= 0.6 is 0 Å². The molecule has 1 aliphatic rings. The van der Waals surface area contributed by atoms with Crippen LogP contribution in [0.5, 0.6) is 0 Å². The number of carbonyl (C=O) groups is 2. The van der Waals surface area contributed by atoms with Crippen molar-refractivity contribution in [1.29, 1.82) is 0 Å². The fourth-order valence-electron chi connectivity index (χ4n) is 3.12. The van der Waals surface area contributed by atoms with E-state index in [1.807, 2.05) is 13.0 Å². The molecule has 0 aliphatic carbocycles. The van der Waals surface area contributed by atoms with Crippen molar-refractivity contribution < 1.29 is 9.59 Å². The molecule has 3 N–H and O–H groups in total. The molecule has 10 nitrogen and oxygen atoms in total. The number of amides is 2. The van der Waals surface area contributed by atoms with Crippen molar-refractivity contribution in [2.75, 3.05) is 18.4 Å². The topological polar surface area (TPSA) is 133 Å². The van der Waals surface area contributed by atoms with Gasteiger partial charge in [-0.25, -0.2) is 9.97 Å². The number of nitrogens with zero attached hydrogens (tertiary/aromatic N) is 5. The van der Waals surface area contributed by atoms with Gasteiger partial charge in [-0.1, -0.05) is 12.1 Å². The molecule has 2 aromatic heterocycles. The molecule has 1 unspecified atom stereocenters. The van der Waals surface area contributed by atoms with Crippen molar-refractivity contribution in [3.63, 3.8) is 0 Å². The highest BCUT2D eigenvalue weighted by Crippen LogP contribution is 2.24. The molecule has 1 aromatic carbocycles. The molecule has 1 fully saturated rings. The summed E-state index contributed by atoms with van der Waals surface area (Å²) in [7, 11) is 0. The van der Waals surface area contributed by atoms with Crippen LogP contribution < -0.4 is 5.32 Å². The smallest absolute Gasteiger partial charge is 0.313 e. The lowest BCUT2D eigenvalue weighted by molar-refractivity contribution is -0.142. The summed E-state index contributed by atoms with van der Waals surface area (Å²) in [6.45, 7) is 2.76. The number of aryl methyl sites for hydroxylation is 1. The number of aromatic nitrogens is 6. The molecule has 2 amide bonds. The Morgan fingerprint density at radius 3 is 2.93 bits per heavy atom. The highest BCUT2D eigenvalue weighted by Gasteiger charge is 2.32. The number of hydrogen-bond donors (Lipinski definition) is 3. The fourth-order valence-corrected chi connectivity index (χ4v) is 3.12. The second-order valence-electron chi connectivity index (χ2n) is 6.39. The minimum absolute atomic E-state index is 0.0709. The first-order valence-corrected chi connectivity index (χ1v) is 8.55. The Labute approximate surface area is 154 Å². The number of aromatic amines is 2. The van der Waals surface area contributed by atoms with Crippen molar-refractivity contribution in [2.24, 2.45) is 0 Å². The van der Waals surface area contributed by atoms with Crippen LogP contribution in [0.3, 0.4) is 0 Å². The van der Waals surface area contributed by atoms with E-state index in [0.717, 1.165) is 17.8 Å². The maximum atomic E-state index is 12.5. The Morgan fingerprint density at radius 2 is 2.19 bits per heavy atom. The predicted molar refractivity (Wildman–Crippen MR) is 95.5 cm³/mol. The number of H-pyrrole nitrogens is 2. The van der Waals surface area contributed by atoms with Gasteiger partial charge in [-0.15, -0.1) is 0 Å². The molecule has 0 radical (unpaired) electrons. The van der Waals surface area contributed by atoms with Crippen molar-refractivity contribution in [2.45, 2.75) is 19.3 Å². The zero-order valence-electron chi connectivity index (χ0n) is 14.6. The molecule has 3 heterocycles. The summed E-state index contributed by atoms with van der Waals surface area (Å²) in [6.07, 6.45) is 2.18. The number of rotatable bonds is 3. The van der Waals surface area contributed by atoms with E-state index in [4.69, 9.17) is 0 Å². The Bertz CT molecular complexity index is 965. The van der Waals surface area contributed by atoms with Crippen LogP contribution in [0.1, 0.15) is 24.0 Å². The first kappa shape index (κ1) is 16.9. The highest BCUT2D eigenvalue weighted by molar-refractivity contribution is 6.39. The molecule has 0 saturated carbocycles. The van der Waals surface area contributed by atoms with Crippen LogP contribution in [0.15, 0.2) is 30.6 Å². The first-order valence-electron chi connectivity index (χ1n) is 8.55. The summed E-state index contributed by atoms with van der Waals surface area (Å²) in [5, 5.41) is 16.2. The van der Waals surface area contributed by atoms with Crippen molar-refractivity contribution in [1.82, 2.24) is 35.3 Å². The van der Waals surface area contributed by atoms with E-state index >= 15 is 0 Å². The van der Waals surface area contributed by atoms with Crippen molar-refractivity contribution >= 4 is 17.5 Å². The maximum Gasteiger partial charge on any atom is 0.313 e. The lowest BCUT2D eigenvalue weighted by atomic mass is 10.1. The molecule has 4 rings (SSSR count). The first-order chi connectivity index (χ1) is 13.1. The average molecular weight is 366 g/mol. The largest absolute Gasteiger partial charge is 0.334 e. The van der Waals surface area contributed by atoms with Crippen molar-refractivity contribution in [3.8, 4) is 11.4 Å². The molecule has 1 aliphatic heterocycles. The van der Waals surface area contributed by atoms with E-state index in [0.29, 0.717) is 30.4 Å². The quantitative estimate of drug-likeness (QED) is 0.589. The van der Waals surface area contributed by atoms with Gasteiger partial charge in [-0.2, -0.15) is 10.2 Å². The van der Waals surface area contributed by atoms with Gasteiger partial charge in [0.05, 0.1) is 0 Å². The van der Waals surface area contributed by atoms with Gasteiger partial charge >= 0.3 is 11.8 Å². The van der Waals surface area contributed by atoms with Gasteiger partial charge in [0.15, 0.2) is 5.82 Å². The summed E-state index contributed by atoms with van der Waals surface area (Å²) >= 11 is 0. The normalized spacial score (nSPS) is 16.5. The van der Waals surface area contributed by atoms with E-state index in [1.165, 1.54) is 11.2 Å². The van der Waals surface area contributed by atoms with Gasteiger partial charge in [0.25, 0.3) is 0 Å². The fraction of sp³-hybridized carbons (Fsp3) is 0.294. The van der Waals surface area contributed by atoms with Crippen LogP contribution in [-0.4, -0.2) is 60.2 Å². The Morgan fingerprint density at radius 1 is 1.30 bits per heavy atom. The Hall–Kier alpha value is -3.56. The van der Waals surface area contributed by atoms with Gasteiger partial charge in [-0.05, 0) is 25.5 Å². The van der Waals surface area contributed by atoms with Gasteiger partial charge in [0, 0.05) is 30.3 Å². The van der Waals surface area contributed by atoms with Crippen LogP contribution in [0, 0.1) is 6.92 Å². The van der Waals surface area contributed by atoms with E-state index in [2.05, 4.69) is 35.7 Å². The SMILES string of the molecule is Cc1nc(-c2cccc(NC(=O)C(=O)N3CCC(c4ncn[nH]4)C3)c2)n[nH]1. The monoisotopic (exact) mass is 366 g/mol. The molecule has 1 atom stereocenters. The third-order valence-electron chi connectivity index (χ3n) is 4.47. The van der Waals surface area contributed by atoms with Gasteiger partial charge in [0.2, 0.25) is 0 Å². The Kier molecular flexibility index (Phi) is 4.37. The van der Waals surface area contributed by atoms with Gasteiger partial charge in [-0.3, -0.25) is 19.8 Å². The second kappa shape index (κ2) is 6.98. The molecule has 138 valence electrons. The molecule has 10 heteroatoms. The molecular formula is C17H18N8O2. The van der Waals surface area contributed by atoms with E-state index in [9.17, 15) is 9.59 Å². The molecule has 27 heavy (non-hydrogen) atoms. The van der Waals surface area contributed by atoms with Crippen LogP contribution in [0.2, 0.25) is 0 Å². The van der Waals surface area contributed by atoms with Crippen LogP contribution in [0.4, 0.5) is 5.69 Å². The predicted octanol–water partition coefficient (Wildman–Crippen LogP) is 0.853. The van der Waals surface area contributed by atoms with Crippen LogP contribution in [0.25, 0.3) is 11.4 Å². The summed E-state index contributed by atoms with van der Waals surface area (Å²) in [4.78, 5) is 34.8. The lowest BCUT2D eigenvalue weighted by Crippen LogP contribution is -2.38. The molecule has 1 saturated heterocycles.